The molecule has 1 heterocycles. The SMILES string of the molecule is CCCCCCCC(=O)N(CC(=O)N(CCc1ccc(OC)c(OC)c1)Cc1ccco1)C(C)C. The second-order valence-corrected chi connectivity index (χ2v) is 9.11. The first-order valence-corrected chi connectivity index (χ1v) is 12.7. The molecule has 0 atom stereocenters. The van der Waals surface area contributed by atoms with Gasteiger partial charge in [0.25, 0.3) is 0 Å². The van der Waals surface area contributed by atoms with E-state index in [2.05, 4.69) is 6.92 Å². The van der Waals surface area contributed by atoms with Crippen LogP contribution in [0.2, 0.25) is 0 Å². The summed E-state index contributed by atoms with van der Waals surface area (Å²) in [6.07, 6.45) is 8.17. The van der Waals surface area contributed by atoms with E-state index in [1.165, 1.54) is 12.8 Å². The van der Waals surface area contributed by atoms with Gasteiger partial charge in [0, 0.05) is 19.0 Å². The average molecular weight is 487 g/mol. The van der Waals surface area contributed by atoms with Crippen LogP contribution in [0.1, 0.15) is 70.6 Å². The van der Waals surface area contributed by atoms with E-state index in [0.29, 0.717) is 43.2 Å². The van der Waals surface area contributed by atoms with E-state index in [4.69, 9.17) is 13.9 Å². The lowest BCUT2D eigenvalue weighted by Gasteiger charge is -2.30. The minimum atomic E-state index is -0.0880. The van der Waals surface area contributed by atoms with Crippen LogP contribution in [-0.4, -0.2) is 55.0 Å². The molecule has 0 saturated heterocycles. The van der Waals surface area contributed by atoms with Crippen LogP contribution in [0.15, 0.2) is 41.0 Å². The Kier molecular flexibility index (Phi) is 12.2. The Labute approximate surface area is 210 Å². The Morgan fingerprint density at radius 3 is 2.34 bits per heavy atom. The fourth-order valence-corrected chi connectivity index (χ4v) is 4.01. The fourth-order valence-electron chi connectivity index (χ4n) is 4.01. The van der Waals surface area contributed by atoms with Gasteiger partial charge in [0.05, 0.1) is 33.6 Å². The van der Waals surface area contributed by atoms with Crippen molar-refractivity contribution in [3.63, 3.8) is 0 Å². The Morgan fingerprint density at radius 1 is 0.971 bits per heavy atom. The van der Waals surface area contributed by atoms with Crippen molar-refractivity contribution in [2.75, 3.05) is 27.3 Å². The number of methoxy groups -OCH3 is 2. The maximum Gasteiger partial charge on any atom is 0.242 e. The lowest BCUT2D eigenvalue weighted by atomic mass is 10.1. The Bertz CT molecular complexity index is 895. The van der Waals surface area contributed by atoms with Gasteiger partial charge in [-0.25, -0.2) is 0 Å². The van der Waals surface area contributed by atoms with Gasteiger partial charge in [0.2, 0.25) is 11.8 Å². The molecule has 194 valence electrons. The third-order valence-corrected chi connectivity index (χ3v) is 6.14. The predicted molar refractivity (Wildman–Crippen MR) is 138 cm³/mol. The van der Waals surface area contributed by atoms with Crippen molar-refractivity contribution in [2.45, 2.75) is 78.3 Å². The Hall–Kier alpha value is -2.96. The van der Waals surface area contributed by atoms with E-state index in [-0.39, 0.29) is 24.4 Å². The summed E-state index contributed by atoms with van der Waals surface area (Å²) >= 11 is 0. The zero-order chi connectivity index (χ0) is 25.6. The molecular formula is C28H42N2O5. The highest BCUT2D eigenvalue weighted by Crippen LogP contribution is 2.27. The van der Waals surface area contributed by atoms with Crippen molar-refractivity contribution in [2.24, 2.45) is 0 Å². The molecule has 2 rings (SSSR count). The molecule has 2 aromatic rings. The molecule has 1 aromatic carbocycles. The van der Waals surface area contributed by atoms with Crippen LogP contribution in [0.3, 0.4) is 0 Å². The molecule has 0 spiro atoms. The van der Waals surface area contributed by atoms with E-state index in [0.717, 1.165) is 24.8 Å². The lowest BCUT2D eigenvalue weighted by molar-refractivity contribution is -0.142. The summed E-state index contributed by atoms with van der Waals surface area (Å²) in [6.45, 7) is 7.02. The first-order chi connectivity index (χ1) is 16.9. The number of carbonyl (C=O) groups is 2. The number of rotatable bonds is 16. The maximum absolute atomic E-state index is 13.4. The smallest absolute Gasteiger partial charge is 0.242 e. The van der Waals surface area contributed by atoms with Crippen LogP contribution in [-0.2, 0) is 22.6 Å². The molecule has 35 heavy (non-hydrogen) atoms. The van der Waals surface area contributed by atoms with Crippen LogP contribution < -0.4 is 9.47 Å². The van der Waals surface area contributed by atoms with Crippen LogP contribution in [0.4, 0.5) is 0 Å². The first-order valence-electron chi connectivity index (χ1n) is 12.7. The standard InChI is InChI=1S/C28H42N2O5/c1-6-7-8-9-10-13-27(31)30(22(2)3)21-28(32)29(20-24-12-11-18-35-24)17-16-23-14-15-25(33-4)26(19-23)34-5/h11-12,14-15,18-19,22H,6-10,13,16-17,20-21H2,1-5H3. The van der Waals surface area contributed by atoms with Gasteiger partial charge in [-0.2, -0.15) is 0 Å². The van der Waals surface area contributed by atoms with Gasteiger partial charge in [-0.05, 0) is 56.5 Å². The number of ether oxygens (including phenoxy) is 2. The van der Waals surface area contributed by atoms with Gasteiger partial charge in [0.15, 0.2) is 11.5 Å². The zero-order valence-corrected chi connectivity index (χ0v) is 22.0. The third-order valence-electron chi connectivity index (χ3n) is 6.14. The van der Waals surface area contributed by atoms with Crippen LogP contribution in [0.5, 0.6) is 11.5 Å². The van der Waals surface area contributed by atoms with Crippen molar-refractivity contribution in [1.29, 1.82) is 0 Å². The van der Waals surface area contributed by atoms with Crippen LogP contribution >= 0.6 is 0 Å². The van der Waals surface area contributed by atoms with E-state index >= 15 is 0 Å². The molecule has 0 unspecified atom stereocenters. The van der Waals surface area contributed by atoms with Gasteiger partial charge in [-0.15, -0.1) is 0 Å². The minimum Gasteiger partial charge on any atom is -0.493 e. The topological polar surface area (TPSA) is 72.2 Å². The molecule has 0 aliphatic heterocycles. The second kappa shape index (κ2) is 15.1. The van der Waals surface area contributed by atoms with Crippen molar-refractivity contribution in [3.05, 3.63) is 47.9 Å². The molecule has 2 amide bonds. The molecule has 0 aliphatic carbocycles. The highest BCUT2D eigenvalue weighted by molar-refractivity contribution is 5.85. The third kappa shape index (κ3) is 9.30. The number of carbonyl (C=O) groups excluding carboxylic acids is 2. The molecule has 7 nitrogen and oxygen atoms in total. The van der Waals surface area contributed by atoms with Gasteiger partial charge in [-0.1, -0.05) is 38.7 Å². The molecular weight excluding hydrogens is 444 g/mol. The average Bonchev–Trinajstić information content (AvgIpc) is 3.37. The highest BCUT2D eigenvalue weighted by Gasteiger charge is 2.24. The fraction of sp³-hybridized carbons (Fsp3) is 0.571. The highest BCUT2D eigenvalue weighted by atomic mass is 16.5. The van der Waals surface area contributed by atoms with Crippen molar-refractivity contribution >= 4 is 11.8 Å². The number of furan rings is 1. The second-order valence-electron chi connectivity index (χ2n) is 9.11. The summed E-state index contributed by atoms with van der Waals surface area (Å²) in [6, 6.07) is 9.40. The summed E-state index contributed by atoms with van der Waals surface area (Å²) in [5.74, 6) is 1.99. The predicted octanol–water partition coefficient (Wildman–Crippen LogP) is 5.47. The molecule has 0 fully saturated rings. The number of benzene rings is 1. The summed E-state index contributed by atoms with van der Waals surface area (Å²) in [5.41, 5.74) is 1.03. The molecule has 0 radical (unpaired) electrons. The molecule has 7 heteroatoms. The van der Waals surface area contributed by atoms with Gasteiger partial charge < -0.3 is 23.7 Å². The molecule has 1 aromatic heterocycles. The number of unbranched alkanes of at least 4 members (excludes halogenated alkanes) is 4. The van der Waals surface area contributed by atoms with Crippen molar-refractivity contribution in [1.82, 2.24) is 9.80 Å². The first kappa shape index (κ1) is 28.3. The Morgan fingerprint density at radius 2 is 1.71 bits per heavy atom. The summed E-state index contributed by atoms with van der Waals surface area (Å²) in [5, 5.41) is 0. The van der Waals surface area contributed by atoms with Crippen LogP contribution in [0.25, 0.3) is 0 Å². The van der Waals surface area contributed by atoms with E-state index in [9.17, 15) is 9.59 Å². The number of amides is 2. The zero-order valence-electron chi connectivity index (χ0n) is 22.0. The van der Waals surface area contributed by atoms with Gasteiger partial charge in [-0.3, -0.25) is 9.59 Å². The maximum atomic E-state index is 13.4. The van der Waals surface area contributed by atoms with Crippen LogP contribution in [0, 0.1) is 0 Å². The minimum absolute atomic E-state index is 0.0431. The van der Waals surface area contributed by atoms with Gasteiger partial charge in [0.1, 0.15) is 5.76 Å². The number of hydrogen-bond acceptors (Lipinski definition) is 5. The van der Waals surface area contributed by atoms with E-state index in [1.54, 1.807) is 30.3 Å². The van der Waals surface area contributed by atoms with E-state index < -0.39 is 0 Å². The van der Waals surface area contributed by atoms with Crippen molar-refractivity contribution in [3.8, 4) is 11.5 Å². The summed E-state index contributed by atoms with van der Waals surface area (Å²) in [4.78, 5) is 29.8. The van der Waals surface area contributed by atoms with Gasteiger partial charge >= 0.3 is 0 Å². The molecule has 0 saturated carbocycles. The largest absolute Gasteiger partial charge is 0.493 e. The molecule has 0 aliphatic rings. The summed E-state index contributed by atoms with van der Waals surface area (Å²) < 4.78 is 16.2. The summed E-state index contributed by atoms with van der Waals surface area (Å²) in [7, 11) is 3.21. The normalized spacial score (nSPS) is 10.9. The monoisotopic (exact) mass is 486 g/mol. The molecule has 0 N–H and O–H groups in total. The quantitative estimate of drug-likeness (QED) is 0.294. The molecule has 0 bridgehead atoms. The Balaban J connectivity index is 2.06. The lowest BCUT2D eigenvalue weighted by Crippen LogP contribution is -2.46. The van der Waals surface area contributed by atoms with E-state index in [1.807, 2.05) is 44.2 Å². The van der Waals surface area contributed by atoms with Crippen molar-refractivity contribution < 1.29 is 23.5 Å². The number of hydrogen-bond donors (Lipinski definition) is 0. The number of nitrogens with zero attached hydrogens (tertiary/aromatic N) is 2.